The van der Waals surface area contributed by atoms with Crippen LogP contribution in [0.3, 0.4) is 0 Å². The highest BCUT2D eigenvalue weighted by Gasteiger charge is 2.10. The van der Waals surface area contributed by atoms with Crippen LogP contribution < -0.4 is 0 Å². The number of hydrogen-bond acceptors (Lipinski definition) is 1. The molecule has 0 aliphatic heterocycles. The number of benzene rings is 1. The van der Waals surface area contributed by atoms with Gasteiger partial charge in [0.1, 0.15) is 0 Å². The van der Waals surface area contributed by atoms with Crippen LogP contribution in [0.25, 0.3) is 0 Å². The Morgan fingerprint density at radius 1 is 1.05 bits per heavy atom. The summed E-state index contributed by atoms with van der Waals surface area (Å²) in [7, 11) is 0. The maximum Gasteiger partial charge on any atom is 0.0302 e. The Morgan fingerprint density at radius 2 is 1.85 bits per heavy atom. The second kappa shape index (κ2) is 7.84. The Kier molecular flexibility index (Phi) is 5.79. The third-order valence-corrected chi connectivity index (χ3v) is 3.98. The molecule has 1 aromatic heterocycles. The average molecular weight is 267 g/mol. The Bertz CT molecular complexity index is 504. The van der Waals surface area contributed by atoms with Crippen molar-refractivity contribution in [1.82, 2.24) is 4.98 Å². The van der Waals surface area contributed by atoms with Gasteiger partial charge in [0.15, 0.2) is 0 Å². The summed E-state index contributed by atoms with van der Waals surface area (Å²) >= 11 is 0. The van der Waals surface area contributed by atoms with Crippen LogP contribution in [0.15, 0.2) is 48.8 Å². The average Bonchev–Trinajstić information content (AvgIpc) is 2.52. The van der Waals surface area contributed by atoms with E-state index >= 15 is 0 Å². The van der Waals surface area contributed by atoms with Crippen molar-refractivity contribution < 1.29 is 0 Å². The molecule has 1 heterocycles. The van der Waals surface area contributed by atoms with Crippen molar-refractivity contribution in [3.8, 4) is 0 Å². The first-order valence-electron chi connectivity index (χ1n) is 7.78. The van der Waals surface area contributed by atoms with E-state index < -0.39 is 0 Å². The van der Waals surface area contributed by atoms with Crippen LogP contribution in [0.1, 0.15) is 55.7 Å². The molecule has 20 heavy (non-hydrogen) atoms. The normalized spacial score (nSPS) is 12.3. The lowest BCUT2D eigenvalue weighted by Crippen LogP contribution is -2.02. The first-order chi connectivity index (χ1) is 9.81. The van der Waals surface area contributed by atoms with Gasteiger partial charge in [0.2, 0.25) is 0 Å². The van der Waals surface area contributed by atoms with Crippen molar-refractivity contribution in [3.05, 3.63) is 65.5 Å². The van der Waals surface area contributed by atoms with Gasteiger partial charge in [-0.3, -0.25) is 4.98 Å². The molecule has 0 aliphatic rings. The monoisotopic (exact) mass is 267 g/mol. The molecule has 1 atom stereocenters. The van der Waals surface area contributed by atoms with Gasteiger partial charge < -0.3 is 0 Å². The maximum absolute atomic E-state index is 4.30. The molecule has 0 spiro atoms. The van der Waals surface area contributed by atoms with Crippen molar-refractivity contribution in [2.24, 2.45) is 0 Å². The van der Waals surface area contributed by atoms with Gasteiger partial charge in [-0.2, -0.15) is 0 Å². The molecule has 1 heteroatoms. The minimum absolute atomic E-state index is 0.602. The van der Waals surface area contributed by atoms with Gasteiger partial charge in [-0.25, -0.2) is 0 Å². The predicted molar refractivity (Wildman–Crippen MR) is 86.0 cm³/mol. The summed E-state index contributed by atoms with van der Waals surface area (Å²) in [4.78, 5) is 4.30. The van der Waals surface area contributed by atoms with Gasteiger partial charge in [-0.15, -0.1) is 0 Å². The van der Waals surface area contributed by atoms with E-state index in [0.717, 1.165) is 12.8 Å². The van der Waals surface area contributed by atoms with E-state index in [1.165, 1.54) is 36.0 Å². The molecule has 106 valence electrons. The van der Waals surface area contributed by atoms with Crippen molar-refractivity contribution in [1.29, 1.82) is 0 Å². The third kappa shape index (κ3) is 4.19. The number of hydrogen-bond donors (Lipinski definition) is 0. The Hall–Kier alpha value is -1.63. The zero-order valence-electron chi connectivity index (χ0n) is 12.7. The van der Waals surface area contributed by atoms with Gasteiger partial charge in [-0.1, -0.05) is 50.6 Å². The molecule has 0 bridgehead atoms. The van der Waals surface area contributed by atoms with Crippen LogP contribution in [0, 0.1) is 0 Å². The van der Waals surface area contributed by atoms with Crippen LogP contribution in [-0.2, 0) is 12.8 Å². The second-order valence-electron chi connectivity index (χ2n) is 5.60. The van der Waals surface area contributed by atoms with E-state index in [1.807, 2.05) is 6.20 Å². The summed E-state index contributed by atoms with van der Waals surface area (Å²) in [5.41, 5.74) is 4.36. The minimum atomic E-state index is 0.602. The predicted octanol–water partition coefficient (Wildman–Crippen LogP) is 5.16. The summed E-state index contributed by atoms with van der Waals surface area (Å²) in [6.07, 6.45) is 10.0. The number of aromatic nitrogens is 1. The van der Waals surface area contributed by atoms with Crippen molar-refractivity contribution in [3.63, 3.8) is 0 Å². The third-order valence-electron chi connectivity index (χ3n) is 3.98. The summed E-state index contributed by atoms with van der Waals surface area (Å²) in [6.45, 7) is 4.59. The van der Waals surface area contributed by atoms with E-state index in [1.54, 1.807) is 0 Å². The van der Waals surface area contributed by atoms with Crippen molar-refractivity contribution >= 4 is 0 Å². The molecule has 2 rings (SSSR count). The zero-order chi connectivity index (χ0) is 14.2. The highest BCUT2D eigenvalue weighted by atomic mass is 14.6. The van der Waals surface area contributed by atoms with Crippen LogP contribution >= 0.6 is 0 Å². The molecule has 1 unspecified atom stereocenters. The Labute approximate surface area is 123 Å². The molecule has 0 aliphatic carbocycles. The summed E-state index contributed by atoms with van der Waals surface area (Å²) in [6, 6.07) is 13.0. The first-order valence-corrected chi connectivity index (χ1v) is 7.78. The number of rotatable bonds is 7. The van der Waals surface area contributed by atoms with Gasteiger partial charge in [0.25, 0.3) is 0 Å². The van der Waals surface area contributed by atoms with Crippen molar-refractivity contribution in [2.75, 3.05) is 0 Å². The largest absolute Gasteiger partial charge is 0.264 e. The fourth-order valence-corrected chi connectivity index (χ4v) is 2.68. The molecule has 0 N–H and O–H groups in total. The molecule has 0 saturated carbocycles. The first kappa shape index (κ1) is 14.8. The SMILES string of the molecule is CCCCc1cnccc1C(C)CCc1ccccc1. The molecule has 0 amide bonds. The lowest BCUT2D eigenvalue weighted by atomic mass is 9.90. The van der Waals surface area contributed by atoms with Crippen LogP contribution in [-0.4, -0.2) is 4.98 Å². The van der Waals surface area contributed by atoms with Gasteiger partial charge in [0.05, 0.1) is 0 Å². The Morgan fingerprint density at radius 3 is 2.60 bits per heavy atom. The molecule has 1 aromatic carbocycles. The fraction of sp³-hybridized carbons (Fsp3) is 0.421. The molecule has 2 aromatic rings. The highest BCUT2D eigenvalue weighted by molar-refractivity contribution is 5.27. The van der Waals surface area contributed by atoms with Gasteiger partial charge >= 0.3 is 0 Å². The van der Waals surface area contributed by atoms with Crippen molar-refractivity contribution in [2.45, 2.75) is 51.9 Å². The molecule has 0 saturated heterocycles. The molecule has 1 nitrogen and oxygen atoms in total. The van der Waals surface area contributed by atoms with Gasteiger partial charge in [-0.05, 0) is 54.4 Å². The zero-order valence-corrected chi connectivity index (χ0v) is 12.7. The van der Waals surface area contributed by atoms with E-state index in [2.05, 4.69) is 61.4 Å². The Balaban J connectivity index is 1.99. The molecular weight excluding hydrogens is 242 g/mol. The highest BCUT2D eigenvalue weighted by Crippen LogP contribution is 2.25. The number of pyridine rings is 1. The molecule has 0 radical (unpaired) electrons. The lowest BCUT2D eigenvalue weighted by molar-refractivity contribution is 0.664. The quantitative estimate of drug-likeness (QED) is 0.675. The number of aryl methyl sites for hydroxylation is 2. The summed E-state index contributed by atoms with van der Waals surface area (Å²) < 4.78 is 0. The molecule has 0 fully saturated rings. The smallest absolute Gasteiger partial charge is 0.0302 e. The minimum Gasteiger partial charge on any atom is -0.264 e. The van der Waals surface area contributed by atoms with Crippen LogP contribution in [0.5, 0.6) is 0 Å². The van der Waals surface area contributed by atoms with Gasteiger partial charge in [0, 0.05) is 12.4 Å². The fourth-order valence-electron chi connectivity index (χ4n) is 2.68. The van der Waals surface area contributed by atoms with Crippen LogP contribution in [0.4, 0.5) is 0 Å². The second-order valence-corrected chi connectivity index (χ2v) is 5.60. The summed E-state index contributed by atoms with van der Waals surface area (Å²) in [5, 5.41) is 0. The maximum atomic E-state index is 4.30. The van der Waals surface area contributed by atoms with E-state index in [0.29, 0.717) is 5.92 Å². The number of unbranched alkanes of at least 4 members (excludes halogenated alkanes) is 1. The van der Waals surface area contributed by atoms with Crippen LogP contribution in [0.2, 0.25) is 0 Å². The standard InChI is InChI=1S/C19H25N/c1-3-4-10-18-15-20-14-13-19(18)16(2)11-12-17-8-6-5-7-9-17/h5-9,13-16H,3-4,10-12H2,1-2H3. The number of nitrogens with zero attached hydrogens (tertiary/aromatic N) is 1. The van der Waals surface area contributed by atoms with E-state index in [4.69, 9.17) is 0 Å². The molecular formula is C19H25N. The van der Waals surface area contributed by atoms with E-state index in [-0.39, 0.29) is 0 Å². The topological polar surface area (TPSA) is 12.9 Å². The summed E-state index contributed by atoms with van der Waals surface area (Å²) in [5.74, 6) is 0.602. The lowest BCUT2D eigenvalue weighted by Gasteiger charge is -2.16. The van der Waals surface area contributed by atoms with E-state index in [9.17, 15) is 0 Å².